The third-order valence-electron chi connectivity index (χ3n) is 3.28. The molecule has 1 aliphatic heterocycles. The molecule has 6 heteroatoms. The van der Waals surface area contributed by atoms with Gasteiger partial charge in [-0.2, -0.15) is 5.10 Å². The molecule has 0 atom stereocenters. The number of carbonyl (C=O) groups is 1. The standard InChI is InChI=1S/C13H14N4O2/c1-16-13(19-2)9(8-15-16)12(18)17-7-5-10-11(17)4-3-6-14-10/h3-4,6,8H,5,7H2,1-2H3. The highest BCUT2D eigenvalue weighted by atomic mass is 16.5. The number of amides is 1. The molecule has 0 bridgehead atoms. The Kier molecular flexibility index (Phi) is 2.70. The number of pyridine rings is 1. The van der Waals surface area contributed by atoms with E-state index in [2.05, 4.69) is 10.1 Å². The van der Waals surface area contributed by atoms with E-state index in [0.29, 0.717) is 18.0 Å². The van der Waals surface area contributed by atoms with Gasteiger partial charge in [-0.1, -0.05) is 0 Å². The molecule has 0 unspecified atom stereocenters. The summed E-state index contributed by atoms with van der Waals surface area (Å²) in [5.41, 5.74) is 2.30. The van der Waals surface area contributed by atoms with E-state index < -0.39 is 0 Å². The van der Waals surface area contributed by atoms with Gasteiger partial charge in [0, 0.05) is 26.2 Å². The Hall–Kier alpha value is -2.37. The second kappa shape index (κ2) is 4.38. The number of ether oxygens (including phenoxy) is 1. The van der Waals surface area contributed by atoms with E-state index in [1.165, 1.54) is 13.3 Å². The van der Waals surface area contributed by atoms with Gasteiger partial charge in [-0.25, -0.2) is 4.68 Å². The van der Waals surface area contributed by atoms with Gasteiger partial charge < -0.3 is 9.64 Å². The zero-order chi connectivity index (χ0) is 13.4. The predicted octanol–water partition coefficient (Wildman–Crippen LogP) is 1.03. The number of aromatic nitrogens is 3. The zero-order valence-corrected chi connectivity index (χ0v) is 10.8. The average Bonchev–Trinajstić information content (AvgIpc) is 3.01. The van der Waals surface area contributed by atoms with E-state index in [1.54, 1.807) is 22.8 Å². The van der Waals surface area contributed by atoms with E-state index in [9.17, 15) is 4.79 Å². The van der Waals surface area contributed by atoms with Crippen molar-refractivity contribution in [3.8, 4) is 5.88 Å². The van der Waals surface area contributed by atoms with Crippen molar-refractivity contribution in [2.24, 2.45) is 7.05 Å². The van der Waals surface area contributed by atoms with Crippen LogP contribution in [0.2, 0.25) is 0 Å². The highest BCUT2D eigenvalue weighted by molar-refractivity contribution is 6.08. The van der Waals surface area contributed by atoms with Gasteiger partial charge in [0.15, 0.2) is 0 Å². The lowest BCUT2D eigenvalue weighted by atomic mass is 10.2. The van der Waals surface area contributed by atoms with Crippen LogP contribution in [0.15, 0.2) is 24.5 Å². The summed E-state index contributed by atoms with van der Waals surface area (Å²) in [6, 6.07) is 3.75. The largest absolute Gasteiger partial charge is 0.481 e. The summed E-state index contributed by atoms with van der Waals surface area (Å²) in [5, 5.41) is 4.06. The van der Waals surface area contributed by atoms with Crippen LogP contribution in [0.25, 0.3) is 0 Å². The molecule has 3 rings (SSSR count). The topological polar surface area (TPSA) is 60.2 Å². The van der Waals surface area contributed by atoms with Crippen molar-refractivity contribution < 1.29 is 9.53 Å². The lowest BCUT2D eigenvalue weighted by molar-refractivity contribution is 0.0986. The molecule has 0 fully saturated rings. The van der Waals surface area contributed by atoms with Gasteiger partial charge >= 0.3 is 0 Å². The van der Waals surface area contributed by atoms with Crippen LogP contribution in [-0.4, -0.2) is 34.3 Å². The minimum atomic E-state index is -0.100. The minimum Gasteiger partial charge on any atom is -0.481 e. The number of carbonyl (C=O) groups excluding carboxylic acids is 1. The van der Waals surface area contributed by atoms with Crippen LogP contribution in [-0.2, 0) is 13.5 Å². The number of anilines is 1. The van der Waals surface area contributed by atoms with Crippen LogP contribution in [0.1, 0.15) is 16.1 Å². The molecule has 0 radical (unpaired) electrons. The minimum absolute atomic E-state index is 0.100. The molecule has 3 heterocycles. The van der Waals surface area contributed by atoms with Crippen LogP contribution in [0.3, 0.4) is 0 Å². The summed E-state index contributed by atoms with van der Waals surface area (Å²) >= 11 is 0. The number of fused-ring (bicyclic) bond motifs is 1. The number of aryl methyl sites for hydroxylation is 1. The van der Waals surface area contributed by atoms with Gasteiger partial charge in [0.05, 0.1) is 24.7 Å². The molecule has 0 saturated carbocycles. The summed E-state index contributed by atoms with van der Waals surface area (Å²) in [6.45, 7) is 0.642. The van der Waals surface area contributed by atoms with Gasteiger partial charge in [-0.3, -0.25) is 9.78 Å². The monoisotopic (exact) mass is 258 g/mol. The quantitative estimate of drug-likeness (QED) is 0.807. The van der Waals surface area contributed by atoms with Crippen LogP contribution >= 0.6 is 0 Å². The van der Waals surface area contributed by atoms with E-state index in [0.717, 1.165) is 17.8 Å². The SMILES string of the molecule is COc1c(C(=O)N2CCc3ncccc32)cnn1C. The predicted molar refractivity (Wildman–Crippen MR) is 69.4 cm³/mol. The smallest absolute Gasteiger partial charge is 0.265 e. The molecule has 1 amide bonds. The summed E-state index contributed by atoms with van der Waals surface area (Å²) in [6.07, 6.45) is 4.07. The number of hydrogen-bond acceptors (Lipinski definition) is 4. The van der Waals surface area contributed by atoms with Crippen molar-refractivity contribution in [1.29, 1.82) is 0 Å². The van der Waals surface area contributed by atoms with Crippen molar-refractivity contribution >= 4 is 11.6 Å². The van der Waals surface area contributed by atoms with Gasteiger partial charge in [-0.05, 0) is 12.1 Å². The van der Waals surface area contributed by atoms with Crippen LogP contribution in [0.4, 0.5) is 5.69 Å². The molecular weight excluding hydrogens is 244 g/mol. The maximum atomic E-state index is 12.6. The van der Waals surface area contributed by atoms with Gasteiger partial charge in [0.1, 0.15) is 5.56 Å². The number of hydrogen-bond donors (Lipinski definition) is 0. The highest BCUT2D eigenvalue weighted by Crippen LogP contribution is 2.29. The lowest BCUT2D eigenvalue weighted by Crippen LogP contribution is -2.29. The third kappa shape index (κ3) is 1.76. The number of rotatable bonds is 2. The van der Waals surface area contributed by atoms with Crippen molar-refractivity contribution in [3.63, 3.8) is 0 Å². The Morgan fingerprint density at radius 2 is 2.32 bits per heavy atom. The van der Waals surface area contributed by atoms with Crippen molar-refractivity contribution in [2.75, 3.05) is 18.6 Å². The highest BCUT2D eigenvalue weighted by Gasteiger charge is 2.29. The second-order valence-corrected chi connectivity index (χ2v) is 4.37. The number of nitrogens with zero attached hydrogens (tertiary/aromatic N) is 4. The molecule has 0 N–H and O–H groups in total. The van der Waals surface area contributed by atoms with Gasteiger partial charge in [-0.15, -0.1) is 0 Å². The molecule has 98 valence electrons. The van der Waals surface area contributed by atoms with Crippen molar-refractivity contribution in [2.45, 2.75) is 6.42 Å². The maximum Gasteiger partial charge on any atom is 0.265 e. The summed E-state index contributed by atoms with van der Waals surface area (Å²) in [7, 11) is 3.28. The average molecular weight is 258 g/mol. The van der Waals surface area contributed by atoms with Crippen LogP contribution in [0, 0.1) is 0 Å². The molecule has 2 aromatic rings. The zero-order valence-electron chi connectivity index (χ0n) is 10.8. The van der Waals surface area contributed by atoms with Crippen molar-refractivity contribution in [3.05, 3.63) is 35.8 Å². The van der Waals surface area contributed by atoms with E-state index in [4.69, 9.17) is 4.74 Å². The summed E-state index contributed by atoms with van der Waals surface area (Å²) in [5.74, 6) is 0.374. The van der Waals surface area contributed by atoms with Gasteiger partial charge in [0.2, 0.25) is 5.88 Å². The molecule has 6 nitrogen and oxygen atoms in total. The fourth-order valence-electron chi connectivity index (χ4n) is 2.38. The maximum absolute atomic E-state index is 12.6. The molecule has 0 aliphatic carbocycles. The molecular formula is C13H14N4O2. The number of methoxy groups -OCH3 is 1. The second-order valence-electron chi connectivity index (χ2n) is 4.37. The first-order chi connectivity index (χ1) is 9.22. The first-order valence-corrected chi connectivity index (χ1v) is 6.04. The fourth-order valence-corrected chi connectivity index (χ4v) is 2.38. The first-order valence-electron chi connectivity index (χ1n) is 6.04. The normalized spacial score (nSPS) is 13.5. The van der Waals surface area contributed by atoms with Crippen molar-refractivity contribution in [1.82, 2.24) is 14.8 Å². The Labute approximate surface area is 110 Å². The Balaban J connectivity index is 1.98. The molecule has 0 aromatic carbocycles. The van der Waals surface area contributed by atoms with Crippen LogP contribution < -0.4 is 9.64 Å². The summed E-state index contributed by atoms with van der Waals surface area (Å²) < 4.78 is 6.77. The molecule has 2 aromatic heterocycles. The third-order valence-corrected chi connectivity index (χ3v) is 3.28. The Morgan fingerprint density at radius 1 is 1.47 bits per heavy atom. The molecule has 0 spiro atoms. The summed E-state index contributed by atoms with van der Waals surface area (Å²) in [4.78, 5) is 18.6. The molecule has 19 heavy (non-hydrogen) atoms. The van der Waals surface area contributed by atoms with E-state index in [1.807, 2.05) is 12.1 Å². The first kappa shape index (κ1) is 11.7. The fraction of sp³-hybridized carbons (Fsp3) is 0.308. The van der Waals surface area contributed by atoms with E-state index >= 15 is 0 Å². The Morgan fingerprint density at radius 3 is 3.11 bits per heavy atom. The molecule has 1 aliphatic rings. The lowest BCUT2D eigenvalue weighted by Gasteiger charge is -2.16. The van der Waals surface area contributed by atoms with Gasteiger partial charge in [0.25, 0.3) is 5.91 Å². The van der Waals surface area contributed by atoms with Crippen LogP contribution in [0.5, 0.6) is 5.88 Å². The van der Waals surface area contributed by atoms with E-state index in [-0.39, 0.29) is 5.91 Å². The Bertz CT molecular complexity index is 635. The molecule has 0 saturated heterocycles.